The molecule has 0 radical (unpaired) electrons. The van der Waals surface area contributed by atoms with Crippen LogP contribution in [0.15, 0.2) is 28.8 Å². The quantitative estimate of drug-likeness (QED) is 0.753. The average molecular weight is 282 g/mol. The minimum atomic E-state index is -4.40. The van der Waals surface area contributed by atoms with Crippen LogP contribution in [0, 0.1) is 6.92 Å². The molecule has 0 aliphatic heterocycles. The summed E-state index contributed by atoms with van der Waals surface area (Å²) in [5.74, 6) is 0.408. The standard InChI is InChI=1S/C12H9F3N4O/c1-6-5-16-10(17-6)19-11-18-8-4-7(12(13,14)15)2-3-9(8)20-11/h2-5H,1H3,(H2,16,17,18,19). The van der Waals surface area contributed by atoms with Gasteiger partial charge in [0.25, 0.3) is 0 Å². The zero-order valence-electron chi connectivity index (χ0n) is 10.2. The second-order valence-electron chi connectivity index (χ2n) is 4.24. The van der Waals surface area contributed by atoms with Crippen LogP contribution in [0.2, 0.25) is 0 Å². The fourth-order valence-corrected chi connectivity index (χ4v) is 1.73. The molecule has 104 valence electrons. The first-order valence-electron chi connectivity index (χ1n) is 5.68. The average Bonchev–Trinajstić information content (AvgIpc) is 2.93. The number of benzene rings is 1. The lowest BCUT2D eigenvalue weighted by molar-refractivity contribution is -0.137. The molecule has 0 fully saturated rings. The van der Waals surface area contributed by atoms with Crippen LogP contribution >= 0.6 is 0 Å². The first-order chi connectivity index (χ1) is 9.41. The molecular formula is C12H9F3N4O. The number of alkyl halides is 3. The van der Waals surface area contributed by atoms with Gasteiger partial charge in [0, 0.05) is 11.9 Å². The van der Waals surface area contributed by atoms with Gasteiger partial charge in [0.05, 0.1) is 5.56 Å². The van der Waals surface area contributed by atoms with Crippen molar-refractivity contribution in [3.05, 3.63) is 35.7 Å². The molecule has 3 aromatic rings. The van der Waals surface area contributed by atoms with E-state index < -0.39 is 11.7 Å². The molecular weight excluding hydrogens is 273 g/mol. The first kappa shape index (κ1) is 12.5. The molecule has 0 atom stereocenters. The number of oxazole rings is 1. The number of rotatable bonds is 2. The summed E-state index contributed by atoms with van der Waals surface area (Å²) < 4.78 is 43.0. The van der Waals surface area contributed by atoms with Crippen molar-refractivity contribution in [1.82, 2.24) is 15.0 Å². The smallest absolute Gasteiger partial charge is 0.416 e. The summed E-state index contributed by atoms with van der Waals surface area (Å²) in [6, 6.07) is 3.21. The summed E-state index contributed by atoms with van der Waals surface area (Å²) in [7, 11) is 0. The van der Waals surface area contributed by atoms with Crippen LogP contribution in [0.3, 0.4) is 0 Å². The zero-order chi connectivity index (χ0) is 14.3. The van der Waals surface area contributed by atoms with E-state index in [1.165, 1.54) is 6.07 Å². The van der Waals surface area contributed by atoms with Crippen molar-refractivity contribution in [1.29, 1.82) is 0 Å². The number of nitrogens with one attached hydrogen (secondary N) is 2. The molecule has 0 unspecified atom stereocenters. The lowest BCUT2D eigenvalue weighted by atomic mass is 10.2. The Balaban J connectivity index is 1.94. The van der Waals surface area contributed by atoms with Gasteiger partial charge in [-0.1, -0.05) is 0 Å². The largest absolute Gasteiger partial charge is 0.423 e. The highest BCUT2D eigenvalue weighted by Crippen LogP contribution is 2.32. The van der Waals surface area contributed by atoms with Gasteiger partial charge >= 0.3 is 12.2 Å². The van der Waals surface area contributed by atoms with E-state index in [0.717, 1.165) is 17.8 Å². The minimum Gasteiger partial charge on any atom is -0.423 e. The molecule has 0 bridgehead atoms. The van der Waals surface area contributed by atoms with Crippen LogP contribution in [0.5, 0.6) is 0 Å². The Morgan fingerprint density at radius 1 is 1.30 bits per heavy atom. The number of anilines is 2. The third-order valence-electron chi connectivity index (χ3n) is 2.64. The third-order valence-corrected chi connectivity index (χ3v) is 2.64. The van der Waals surface area contributed by atoms with Gasteiger partial charge in [0.1, 0.15) is 5.52 Å². The number of nitrogens with zero attached hydrogens (tertiary/aromatic N) is 2. The van der Waals surface area contributed by atoms with Gasteiger partial charge in [-0.3, -0.25) is 5.32 Å². The Morgan fingerprint density at radius 3 is 2.75 bits per heavy atom. The van der Waals surface area contributed by atoms with E-state index in [2.05, 4.69) is 20.3 Å². The van der Waals surface area contributed by atoms with Crippen LogP contribution in [-0.2, 0) is 6.18 Å². The van der Waals surface area contributed by atoms with Crippen molar-refractivity contribution < 1.29 is 17.6 Å². The van der Waals surface area contributed by atoms with E-state index in [9.17, 15) is 13.2 Å². The number of aryl methyl sites for hydroxylation is 1. The first-order valence-corrected chi connectivity index (χ1v) is 5.68. The number of aromatic nitrogens is 3. The molecule has 0 saturated carbocycles. The highest BCUT2D eigenvalue weighted by Gasteiger charge is 2.31. The molecule has 0 spiro atoms. The number of fused-ring (bicyclic) bond motifs is 1. The lowest BCUT2D eigenvalue weighted by Crippen LogP contribution is -2.03. The van der Waals surface area contributed by atoms with Gasteiger partial charge in [-0.2, -0.15) is 18.2 Å². The van der Waals surface area contributed by atoms with Gasteiger partial charge in [-0.25, -0.2) is 4.98 Å². The van der Waals surface area contributed by atoms with Crippen molar-refractivity contribution in [3.63, 3.8) is 0 Å². The molecule has 0 aliphatic rings. The second-order valence-corrected chi connectivity index (χ2v) is 4.24. The maximum Gasteiger partial charge on any atom is 0.416 e. The maximum atomic E-state index is 12.6. The van der Waals surface area contributed by atoms with E-state index in [-0.39, 0.29) is 17.1 Å². The van der Waals surface area contributed by atoms with Crippen LogP contribution in [0.4, 0.5) is 25.1 Å². The molecule has 5 nitrogen and oxygen atoms in total. The van der Waals surface area contributed by atoms with Gasteiger partial charge in [-0.15, -0.1) is 0 Å². The van der Waals surface area contributed by atoms with Gasteiger partial charge < -0.3 is 9.40 Å². The van der Waals surface area contributed by atoms with Crippen molar-refractivity contribution in [2.24, 2.45) is 0 Å². The SMILES string of the molecule is Cc1cnc(Nc2nc3cc(C(F)(F)F)ccc3o2)[nH]1. The number of hydrogen-bond acceptors (Lipinski definition) is 4. The minimum absolute atomic E-state index is 0.0775. The Hall–Kier alpha value is -2.51. The van der Waals surface area contributed by atoms with Crippen molar-refractivity contribution >= 4 is 23.1 Å². The Labute approximate surface area is 110 Å². The monoisotopic (exact) mass is 282 g/mol. The summed E-state index contributed by atoms with van der Waals surface area (Å²) in [4.78, 5) is 10.8. The molecule has 0 saturated heterocycles. The van der Waals surface area contributed by atoms with Gasteiger partial charge in [0.2, 0.25) is 5.95 Å². The fourth-order valence-electron chi connectivity index (χ4n) is 1.73. The third kappa shape index (κ3) is 2.31. The summed E-state index contributed by atoms with van der Waals surface area (Å²) in [5, 5.41) is 2.75. The number of H-pyrrole nitrogens is 1. The fraction of sp³-hybridized carbons (Fsp3) is 0.167. The molecule has 2 aromatic heterocycles. The van der Waals surface area contributed by atoms with Crippen molar-refractivity contribution in [2.45, 2.75) is 13.1 Å². The molecule has 8 heteroatoms. The second kappa shape index (κ2) is 4.26. The molecule has 0 aliphatic carbocycles. The van der Waals surface area contributed by atoms with Crippen molar-refractivity contribution in [2.75, 3.05) is 5.32 Å². The topological polar surface area (TPSA) is 66.7 Å². The van der Waals surface area contributed by atoms with E-state index in [1.54, 1.807) is 6.20 Å². The normalized spacial score (nSPS) is 12.0. The molecule has 2 N–H and O–H groups in total. The van der Waals surface area contributed by atoms with Crippen LogP contribution in [0.1, 0.15) is 11.3 Å². The summed E-state index contributed by atoms with van der Waals surface area (Å²) in [6.07, 6.45) is -2.80. The maximum absolute atomic E-state index is 12.6. The highest BCUT2D eigenvalue weighted by atomic mass is 19.4. The highest BCUT2D eigenvalue weighted by molar-refractivity contribution is 5.76. The summed E-state index contributed by atoms with van der Waals surface area (Å²) in [6.45, 7) is 1.82. The van der Waals surface area contributed by atoms with Crippen LogP contribution in [0.25, 0.3) is 11.1 Å². The zero-order valence-corrected chi connectivity index (χ0v) is 10.2. The molecule has 1 aromatic carbocycles. The molecule has 20 heavy (non-hydrogen) atoms. The predicted octanol–water partition coefficient (Wildman–Crippen LogP) is 3.62. The van der Waals surface area contributed by atoms with Gasteiger partial charge in [-0.05, 0) is 25.1 Å². The van der Waals surface area contributed by atoms with Crippen LogP contribution in [-0.4, -0.2) is 15.0 Å². The van der Waals surface area contributed by atoms with E-state index >= 15 is 0 Å². The number of aromatic amines is 1. The van der Waals surface area contributed by atoms with Crippen molar-refractivity contribution in [3.8, 4) is 0 Å². The lowest BCUT2D eigenvalue weighted by Gasteiger charge is -2.04. The Kier molecular flexibility index (Phi) is 2.66. The number of halogens is 3. The van der Waals surface area contributed by atoms with E-state index in [4.69, 9.17) is 4.42 Å². The Morgan fingerprint density at radius 2 is 2.10 bits per heavy atom. The summed E-state index contributed by atoms with van der Waals surface area (Å²) in [5.41, 5.74) is 0.469. The molecule has 3 rings (SSSR count). The van der Waals surface area contributed by atoms with Crippen LogP contribution < -0.4 is 5.32 Å². The Bertz CT molecular complexity index is 759. The molecule has 2 heterocycles. The predicted molar refractivity (Wildman–Crippen MR) is 65.6 cm³/mol. The van der Waals surface area contributed by atoms with Gasteiger partial charge in [0.15, 0.2) is 5.58 Å². The van der Waals surface area contributed by atoms with E-state index in [0.29, 0.717) is 5.95 Å². The number of hydrogen-bond donors (Lipinski definition) is 2. The number of imidazole rings is 1. The molecule has 0 amide bonds. The summed E-state index contributed by atoms with van der Waals surface area (Å²) >= 11 is 0. The van der Waals surface area contributed by atoms with E-state index in [1.807, 2.05) is 6.92 Å².